The number of rotatable bonds is 4. The zero-order valence-corrected chi connectivity index (χ0v) is 12.3. The number of benzene rings is 2. The smallest absolute Gasteiger partial charge is 0.270 e. The van der Waals surface area contributed by atoms with Gasteiger partial charge in [0.15, 0.2) is 5.78 Å². The lowest BCUT2D eigenvalue weighted by Gasteiger charge is -2.05. The SMILES string of the molecule is CCc1nc2cc(CC(=O)c3ccccc3)ccc2[nH]c1=O. The fraction of sp³-hybridized carbons (Fsp3) is 0.167. The predicted molar refractivity (Wildman–Crippen MR) is 86.2 cm³/mol. The Kier molecular flexibility index (Phi) is 3.83. The van der Waals surface area contributed by atoms with E-state index in [4.69, 9.17) is 0 Å². The molecular formula is C18H16N2O2. The molecule has 22 heavy (non-hydrogen) atoms. The number of carbonyl (C=O) groups excluding carboxylic acids is 1. The minimum absolute atomic E-state index is 0.0695. The van der Waals surface area contributed by atoms with Crippen molar-refractivity contribution < 1.29 is 4.79 Å². The van der Waals surface area contributed by atoms with Gasteiger partial charge < -0.3 is 4.98 Å². The number of carbonyl (C=O) groups is 1. The van der Waals surface area contributed by atoms with Crippen molar-refractivity contribution in [1.82, 2.24) is 9.97 Å². The molecule has 110 valence electrons. The molecule has 0 spiro atoms. The average molecular weight is 292 g/mol. The third-order valence-corrected chi connectivity index (χ3v) is 3.62. The first kappa shape index (κ1) is 14.2. The second kappa shape index (κ2) is 5.93. The van der Waals surface area contributed by atoms with Gasteiger partial charge >= 0.3 is 0 Å². The Labute approximate surface area is 127 Å². The number of aryl methyl sites for hydroxylation is 1. The number of nitrogens with one attached hydrogen (secondary N) is 1. The monoisotopic (exact) mass is 292 g/mol. The van der Waals surface area contributed by atoms with Gasteiger partial charge in [-0.1, -0.05) is 43.3 Å². The third kappa shape index (κ3) is 2.81. The van der Waals surface area contributed by atoms with Crippen LogP contribution in [-0.4, -0.2) is 15.8 Å². The van der Waals surface area contributed by atoms with Gasteiger partial charge in [0.25, 0.3) is 5.56 Å². The molecule has 0 amide bonds. The van der Waals surface area contributed by atoms with E-state index in [1.54, 1.807) is 6.07 Å². The van der Waals surface area contributed by atoms with Crippen LogP contribution in [0.25, 0.3) is 11.0 Å². The quantitative estimate of drug-likeness (QED) is 0.752. The normalized spacial score (nSPS) is 10.8. The molecule has 3 rings (SSSR count). The number of ketones is 1. The average Bonchev–Trinajstić information content (AvgIpc) is 2.55. The van der Waals surface area contributed by atoms with Crippen LogP contribution >= 0.6 is 0 Å². The minimum Gasteiger partial charge on any atom is -0.319 e. The van der Waals surface area contributed by atoms with Crippen molar-refractivity contribution >= 4 is 16.8 Å². The summed E-state index contributed by atoms with van der Waals surface area (Å²) < 4.78 is 0. The largest absolute Gasteiger partial charge is 0.319 e. The van der Waals surface area contributed by atoms with Crippen LogP contribution in [0.15, 0.2) is 53.3 Å². The summed E-state index contributed by atoms with van der Waals surface area (Å²) >= 11 is 0. The van der Waals surface area contributed by atoms with E-state index in [0.29, 0.717) is 29.6 Å². The lowest BCUT2D eigenvalue weighted by atomic mass is 10.0. The Morgan fingerprint density at radius 2 is 1.91 bits per heavy atom. The minimum atomic E-state index is -0.150. The summed E-state index contributed by atoms with van der Waals surface area (Å²) in [6.45, 7) is 1.90. The van der Waals surface area contributed by atoms with Gasteiger partial charge in [0.2, 0.25) is 0 Å². The van der Waals surface area contributed by atoms with Gasteiger partial charge in [-0.25, -0.2) is 4.98 Å². The van der Waals surface area contributed by atoms with Gasteiger partial charge in [0.1, 0.15) is 5.69 Å². The van der Waals surface area contributed by atoms with Crippen molar-refractivity contribution in [2.75, 3.05) is 0 Å². The van der Waals surface area contributed by atoms with Crippen molar-refractivity contribution in [3.05, 3.63) is 75.7 Å². The molecule has 1 N–H and O–H groups in total. The zero-order chi connectivity index (χ0) is 15.5. The molecule has 0 aliphatic rings. The summed E-state index contributed by atoms with van der Waals surface area (Å²) in [5, 5.41) is 0. The molecule has 0 radical (unpaired) electrons. The van der Waals surface area contributed by atoms with Crippen LogP contribution in [0.2, 0.25) is 0 Å². The van der Waals surface area contributed by atoms with Crippen molar-refractivity contribution in [3.8, 4) is 0 Å². The lowest BCUT2D eigenvalue weighted by molar-refractivity contribution is 0.0993. The molecule has 0 aliphatic carbocycles. The highest BCUT2D eigenvalue weighted by Gasteiger charge is 2.08. The highest BCUT2D eigenvalue weighted by molar-refractivity contribution is 5.97. The molecule has 0 saturated carbocycles. The summed E-state index contributed by atoms with van der Waals surface area (Å²) in [6.07, 6.45) is 0.903. The number of nitrogens with zero attached hydrogens (tertiary/aromatic N) is 1. The Morgan fingerprint density at radius 3 is 2.64 bits per heavy atom. The Morgan fingerprint density at radius 1 is 1.14 bits per heavy atom. The molecule has 1 heterocycles. The van der Waals surface area contributed by atoms with E-state index in [2.05, 4.69) is 9.97 Å². The molecule has 2 aromatic carbocycles. The lowest BCUT2D eigenvalue weighted by Crippen LogP contribution is -2.14. The molecule has 0 unspecified atom stereocenters. The highest BCUT2D eigenvalue weighted by Crippen LogP contribution is 2.13. The van der Waals surface area contributed by atoms with Gasteiger partial charge in [-0.2, -0.15) is 0 Å². The van der Waals surface area contributed by atoms with Crippen LogP contribution < -0.4 is 5.56 Å². The fourth-order valence-corrected chi connectivity index (χ4v) is 2.43. The second-order valence-electron chi connectivity index (χ2n) is 5.18. The van der Waals surface area contributed by atoms with Crippen LogP contribution in [0.1, 0.15) is 28.5 Å². The number of H-pyrrole nitrogens is 1. The molecule has 4 nitrogen and oxygen atoms in total. The van der Waals surface area contributed by atoms with Crippen LogP contribution in [0.3, 0.4) is 0 Å². The molecule has 3 aromatic rings. The van der Waals surface area contributed by atoms with Crippen molar-refractivity contribution in [3.63, 3.8) is 0 Å². The molecular weight excluding hydrogens is 276 g/mol. The Balaban J connectivity index is 1.93. The molecule has 0 fully saturated rings. The first-order valence-corrected chi connectivity index (χ1v) is 7.27. The Hall–Kier alpha value is -2.75. The second-order valence-corrected chi connectivity index (χ2v) is 5.18. The number of hydrogen-bond acceptors (Lipinski definition) is 3. The van der Waals surface area contributed by atoms with E-state index in [-0.39, 0.29) is 11.3 Å². The number of Topliss-reactive ketones (excluding diaryl/α,β-unsaturated/α-hetero) is 1. The third-order valence-electron chi connectivity index (χ3n) is 3.62. The first-order valence-electron chi connectivity index (χ1n) is 7.27. The van der Waals surface area contributed by atoms with E-state index in [1.165, 1.54) is 0 Å². The van der Waals surface area contributed by atoms with Gasteiger partial charge in [-0.05, 0) is 24.1 Å². The maximum atomic E-state index is 12.2. The Bertz CT molecular complexity index is 882. The van der Waals surface area contributed by atoms with Gasteiger partial charge in [0.05, 0.1) is 11.0 Å². The summed E-state index contributed by atoms with van der Waals surface area (Å²) in [5.41, 5.74) is 3.37. The topological polar surface area (TPSA) is 62.8 Å². The van der Waals surface area contributed by atoms with Gasteiger partial charge in [-0.3, -0.25) is 9.59 Å². The standard InChI is InChI=1S/C18H16N2O2/c1-2-14-18(22)20-15-9-8-12(10-16(15)19-14)11-17(21)13-6-4-3-5-7-13/h3-10H,2,11H2,1H3,(H,20,22). The summed E-state index contributed by atoms with van der Waals surface area (Å²) in [7, 11) is 0. The maximum absolute atomic E-state index is 12.2. The molecule has 0 aliphatic heterocycles. The highest BCUT2D eigenvalue weighted by atomic mass is 16.1. The van der Waals surface area contributed by atoms with Crippen LogP contribution in [-0.2, 0) is 12.8 Å². The summed E-state index contributed by atoms with van der Waals surface area (Å²) in [4.78, 5) is 31.2. The number of fused-ring (bicyclic) bond motifs is 1. The van der Waals surface area contributed by atoms with E-state index in [1.807, 2.05) is 49.4 Å². The van der Waals surface area contributed by atoms with E-state index in [0.717, 1.165) is 11.1 Å². The number of aromatic nitrogens is 2. The zero-order valence-electron chi connectivity index (χ0n) is 12.3. The fourth-order valence-electron chi connectivity index (χ4n) is 2.43. The maximum Gasteiger partial charge on any atom is 0.270 e. The van der Waals surface area contributed by atoms with Crippen LogP contribution in [0.5, 0.6) is 0 Å². The first-order chi connectivity index (χ1) is 10.7. The van der Waals surface area contributed by atoms with E-state index in [9.17, 15) is 9.59 Å². The van der Waals surface area contributed by atoms with Gasteiger partial charge in [0, 0.05) is 12.0 Å². The summed E-state index contributed by atoms with van der Waals surface area (Å²) in [5.74, 6) is 0.0695. The molecule has 0 bridgehead atoms. The molecule has 0 atom stereocenters. The van der Waals surface area contributed by atoms with E-state index >= 15 is 0 Å². The van der Waals surface area contributed by atoms with E-state index < -0.39 is 0 Å². The van der Waals surface area contributed by atoms with Crippen LogP contribution in [0.4, 0.5) is 0 Å². The predicted octanol–water partition coefficient (Wildman–Crippen LogP) is 2.91. The molecule has 4 heteroatoms. The molecule has 1 aromatic heterocycles. The summed E-state index contributed by atoms with van der Waals surface area (Å²) in [6, 6.07) is 14.7. The van der Waals surface area contributed by atoms with Crippen LogP contribution in [0, 0.1) is 0 Å². The van der Waals surface area contributed by atoms with Crippen molar-refractivity contribution in [2.45, 2.75) is 19.8 Å². The molecule has 0 saturated heterocycles. The van der Waals surface area contributed by atoms with Crippen molar-refractivity contribution in [2.24, 2.45) is 0 Å². The van der Waals surface area contributed by atoms with Gasteiger partial charge in [-0.15, -0.1) is 0 Å². The van der Waals surface area contributed by atoms with Crippen molar-refractivity contribution in [1.29, 1.82) is 0 Å². The number of hydrogen-bond donors (Lipinski definition) is 1. The number of aromatic amines is 1.